The number of hydrogen-bond donors (Lipinski definition) is 0. The molecule has 0 atom stereocenters. The van der Waals surface area contributed by atoms with E-state index in [1.54, 1.807) is 6.07 Å². The predicted molar refractivity (Wildman–Crippen MR) is 74.8 cm³/mol. The van der Waals surface area contributed by atoms with Crippen molar-refractivity contribution in [3.05, 3.63) is 29.6 Å². The molecule has 0 aliphatic carbocycles. The molecule has 0 aromatic carbocycles. The quantitative estimate of drug-likeness (QED) is 0.343. The second-order valence-electron chi connectivity index (χ2n) is 4.44. The Labute approximate surface area is 124 Å². The fourth-order valence-electron chi connectivity index (χ4n) is 1.77. The fraction of sp³-hybridized carbons (Fsp3) is 0.455. The molecule has 1 aromatic rings. The minimum Gasteiger partial charge on any atom is -0.618 e. The lowest BCUT2D eigenvalue weighted by atomic mass is 10.3. The highest BCUT2D eigenvalue weighted by molar-refractivity contribution is 8.13. The van der Waals surface area contributed by atoms with Gasteiger partial charge in [0, 0.05) is 18.6 Å². The number of amidine groups is 1. The Bertz CT molecular complexity index is 506. The third-order valence-corrected chi connectivity index (χ3v) is 3.96. The maximum atomic E-state index is 11.6. The largest absolute Gasteiger partial charge is 0.673 e. The number of hydrogen-bond acceptors (Lipinski definition) is 3. The summed E-state index contributed by atoms with van der Waals surface area (Å²) in [5.41, 5.74) is 0. The summed E-state index contributed by atoms with van der Waals surface area (Å²) in [6.45, 7) is 2.11. The molecule has 0 fully saturated rings. The maximum Gasteiger partial charge on any atom is 0.673 e. The van der Waals surface area contributed by atoms with Gasteiger partial charge in [-0.3, -0.25) is 9.48 Å². The Morgan fingerprint density at radius 3 is 2.43 bits per heavy atom. The van der Waals surface area contributed by atoms with E-state index in [2.05, 4.69) is 23.6 Å². The molecule has 2 rings (SSSR count). The van der Waals surface area contributed by atoms with Crippen molar-refractivity contribution in [2.45, 2.75) is 11.4 Å². The van der Waals surface area contributed by atoms with Gasteiger partial charge in [-0.25, -0.2) is 0 Å². The van der Waals surface area contributed by atoms with E-state index in [0.29, 0.717) is 0 Å². The zero-order valence-corrected chi connectivity index (χ0v) is 12.5. The number of nitrogens with zero attached hydrogens (tertiary/aromatic N) is 3. The first-order valence-corrected chi connectivity index (χ1v) is 7.02. The van der Waals surface area contributed by atoms with Crippen molar-refractivity contribution in [2.75, 3.05) is 27.2 Å². The molecule has 1 aromatic heterocycles. The van der Waals surface area contributed by atoms with Crippen molar-refractivity contribution in [3.63, 3.8) is 0 Å². The van der Waals surface area contributed by atoms with Crippen LogP contribution in [0.4, 0.5) is 17.3 Å². The molecular formula is C11H16BF4N3OS. The van der Waals surface area contributed by atoms with Gasteiger partial charge in [0.25, 0.3) is 5.03 Å². The van der Waals surface area contributed by atoms with Crippen molar-refractivity contribution >= 4 is 24.2 Å². The van der Waals surface area contributed by atoms with Crippen LogP contribution in [-0.4, -0.2) is 49.1 Å². The second kappa shape index (κ2) is 7.53. The average Bonchev–Trinajstić information content (AvgIpc) is 2.34. The van der Waals surface area contributed by atoms with Gasteiger partial charge in [-0.05, 0) is 6.07 Å². The lowest BCUT2D eigenvalue weighted by Gasteiger charge is -2.20. The molecule has 0 saturated carbocycles. The Balaban J connectivity index is 0.000000383. The van der Waals surface area contributed by atoms with E-state index in [9.17, 15) is 22.5 Å². The van der Waals surface area contributed by atoms with Gasteiger partial charge in [0.1, 0.15) is 0 Å². The average molecular weight is 325 g/mol. The number of pyridine rings is 1. The van der Waals surface area contributed by atoms with Gasteiger partial charge >= 0.3 is 12.4 Å². The second-order valence-corrected chi connectivity index (χ2v) is 5.43. The zero-order valence-electron chi connectivity index (χ0n) is 11.7. The summed E-state index contributed by atoms with van der Waals surface area (Å²) in [6, 6.07) is 5.48. The molecule has 2 heterocycles. The van der Waals surface area contributed by atoms with E-state index in [4.69, 9.17) is 0 Å². The molecule has 21 heavy (non-hydrogen) atoms. The molecule has 1 aliphatic rings. The number of halogens is 4. The summed E-state index contributed by atoms with van der Waals surface area (Å²) in [5, 5.41) is 13.4. The van der Waals surface area contributed by atoms with Crippen LogP contribution in [0, 0.1) is 5.21 Å². The Kier molecular flexibility index (Phi) is 6.31. The van der Waals surface area contributed by atoms with Gasteiger partial charge in [0.15, 0.2) is 6.20 Å². The molecule has 10 heteroatoms. The van der Waals surface area contributed by atoms with Crippen LogP contribution >= 0.6 is 11.8 Å². The fourth-order valence-corrected chi connectivity index (χ4v) is 2.75. The van der Waals surface area contributed by atoms with Gasteiger partial charge < -0.3 is 22.5 Å². The monoisotopic (exact) mass is 325 g/mol. The highest BCUT2D eigenvalue weighted by Crippen LogP contribution is 2.18. The summed E-state index contributed by atoms with van der Waals surface area (Å²) < 4.78 is 42.1. The maximum absolute atomic E-state index is 11.6. The lowest BCUT2D eigenvalue weighted by Crippen LogP contribution is -2.40. The predicted octanol–water partition coefficient (Wildman–Crippen LogP) is 2.05. The van der Waals surface area contributed by atoms with Crippen LogP contribution < -0.4 is 4.73 Å². The Morgan fingerprint density at radius 2 is 1.90 bits per heavy atom. The molecule has 118 valence electrons. The van der Waals surface area contributed by atoms with E-state index in [1.807, 2.05) is 12.1 Å². The summed E-state index contributed by atoms with van der Waals surface area (Å²) in [6.07, 6.45) is 2.70. The lowest BCUT2D eigenvalue weighted by molar-refractivity contribution is -0.645. The number of rotatable bonds is 1. The van der Waals surface area contributed by atoms with Crippen molar-refractivity contribution in [1.82, 2.24) is 4.90 Å². The van der Waals surface area contributed by atoms with Crippen molar-refractivity contribution in [1.29, 1.82) is 0 Å². The third-order valence-electron chi connectivity index (χ3n) is 2.62. The highest BCUT2D eigenvalue weighted by Gasteiger charge is 2.26. The Hall–Kier alpha value is -1.45. The zero-order chi connectivity index (χ0) is 16.0. The Morgan fingerprint density at radius 1 is 1.29 bits per heavy atom. The molecule has 0 saturated heterocycles. The number of thioether (sulfide) groups is 1. The summed E-state index contributed by atoms with van der Waals surface area (Å²) in [5.74, 6) is 0. The van der Waals surface area contributed by atoms with Crippen LogP contribution in [0.3, 0.4) is 0 Å². The van der Waals surface area contributed by atoms with E-state index >= 15 is 0 Å². The third kappa shape index (κ3) is 6.70. The minimum atomic E-state index is -6.00. The molecule has 0 radical (unpaired) electrons. The minimum absolute atomic E-state index is 0.720. The molecule has 4 nitrogen and oxygen atoms in total. The van der Waals surface area contributed by atoms with Crippen LogP contribution in [0.25, 0.3) is 0 Å². The molecular weight excluding hydrogens is 309 g/mol. The first-order chi connectivity index (χ1) is 9.68. The van der Waals surface area contributed by atoms with Gasteiger partial charge in [-0.15, -0.1) is 0 Å². The molecule has 0 amide bonds. The molecule has 0 spiro atoms. The van der Waals surface area contributed by atoms with E-state index < -0.39 is 7.25 Å². The molecule has 0 N–H and O–H groups in total. The van der Waals surface area contributed by atoms with Crippen LogP contribution in [0.5, 0.6) is 0 Å². The summed E-state index contributed by atoms with van der Waals surface area (Å²) in [4.78, 5) is 2.20. The SMILES string of the molecule is CN1CCC[N+](C)=C1Sc1cccc[n+]1[O-].F[B-](F)(F)F. The molecule has 0 unspecified atom stereocenters. The normalized spacial score (nSPS) is 15.6. The van der Waals surface area contributed by atoms with Crippen LogP contribution in [0.1, 0.15) is 6.42 Å². The van der Waals surface area contributed by atoms with Crippen molar-refractivity contribution in [3.8, 4) is 0 Å². The van der Waals surface area contributed by atoms with E-state index in [1.165, 1.54) is 24.4 Å². The van der Waals surface area contributed by atoms with Gasteiger partial charge in [-0.1, -0.05) is 0 Å². The smallest absolute Gasteiger partial charge is 0.618 e. The first-order valence-electron chi connectivity index (χ1n) is 6.21. The summed E-state index contributed by atoms with van der Waals surface area (Å²) in [7, 11) is -1.87. The van der Waals surface area contributed by atoms with Crippen LogP contribution in [0.15, 0.2) is 29.4 Å². The van der Waals surface area contributed by atoms with Crippen molar-refractivity contribution in [2.24, 2.45) is 0 Å². The van der Waals surface area contributed by atoms with E-state index in [0.717, 1.165) is 28.0 Å². The molecule has 0 bridgehead atoms. The highest BCUT2D eigenvalue weighted by atomic mass is 32.2. The van der Waals surface area contributed by atoms with Crippen molar-refractivity contribution < 1.29 is 26.6 Å². The first kappa shape index (κ1) is 17.6. The standard InChI is InChI=1S/C11H16N3OS.BF4/c1-12-7-5-8-13(2)11(12)16-10-6-3-4-9-14(10)15;2-1(3,4)5/h3-4,6,9H,5,7-8H2,1-2H3;/q+1;-1. The van der Waals surface area contributed by atoms with Gasteiger partial charge in [0.05, 0.1) is 38.9 Å². The van der Waals surface area contributed by atoms with Gasteiger partial charge in [0.2, 0.25) is 0 Å². The summed E-state index contributed by atoms with van der Waals surface area (Å²) >= 11 is 1.53. The topological polar surface area (TPSA) is 33.2 Å². The van der Waals surface area contributed by atoms with Crippen LogP contribution in [-0.2, 0) is 0 Å². The van der Waals surface area contributed by atoms with E-state index in [-0.39, 0.29) is 0 Å². The van der Waals surface area contributed by atoms with Gasteiger partial charge in [-0.2, -0.15) is 4.73 Å². The molecule has 1 aliphatic heterocycles. The van der Waals surface area contributed by atoms with Crippen LogP contribution in [0.2, 0.25) is 0 Å². The number of aromatic nitrogens is 1.